The van der Waals surface area contributed by atoms with E-state index in [1.807, 2.05) is 0 Å². The minimum atomic E-state index is 0.106. The quantitative estimate of drug-likeness (QED) is 0.161. The monoisotopic (exact) mass is 608 g/mol. The molecule has 46 heavy (non-hydrogen) atoms. The maximum atomic E-state index is 2.58. The molecule has 4 aromatic carbocycles. The topological polar surface area (TPSA) is 0 Å². The minimum absolute atomic E-state index is 0.106. The number of aryl methyl sites for hydroxylation is 4. The Kier molecular flexibility index (Phi) is 6.97. The first-order valence-electron chi connectivity index (χ1n) is 17.9. The molecule has 3 aliphatic rings. The second-order valence-corrected chi connectivity index (χ2v) is 19.0. The summed E-state index contributed by atoms with van der Waals surface area (Å²) in [5, 5.41) is 0. The largest absolute Gasteiger partial charge is 0.0561 e. The average molecular weight is 609 g/mol. The molecule has 0 nitrogen and oxygen atoms in total. The van der Waals surface area contributed by atoms with E-state index in [1.165, 1.54) is 44.5 Å². The van der Waals surface area contributed by atoms with Gasteiger partial charge in [-0.3, -0.25) is 0 Å². The SMILES string of the molecule is CC(C)(C)c1cc2c3c(c1)-c1cc(C(C)(C)C)cc(c1C3)CCc1cc(C(C)(C)C)cc3c1Cc1c(cc(C(C)(C)C)cc1-3)CC2. The third-order valence-corrected chi connectivity index (χ3v) is 11.4. The van der Waals surface area contributed by atoms with Crippen LogP contribution in [0.5, 0.6) is 0 Å². The summed E-state index contributed by atoms with van der Waals surface area (Å²) in [6.45, 7) is 28.6. The molecule has 0 heteroatoms. The van der Waals surface area contributed by atoms with E-state index in [0.717, 1.165) is 38.5 Å². The molecule has 0 fully saturated rings. The van der Waals surface area contributed by atoms with Crippen molar-refractivity contribution in [2.75, 3.05) is 0 Å². The van der Waals surface area contributed by atoms with Gasteiger partial charge in [-0.25, -0.2) is 0 Å². The van der Waals surface area contributed by atoms with Crippen molar-refractivity contribution in [2.45, 2.75) is 143 Å². The molecular weight excluding hydrogens is 553 g/mol. The third kappa shape index (κ3) is 5.29. The van der Waals surface area contributed by atoms with E-state index in [2.05, 4.69) is 132 Å². The number of hydrogen-bond acceptors (Lipinski definition) is 0. The Labute approximate surface area is 280 Å². The van der Waals surface area contributed by atoms with Crippen molar-refractivity contribution < 1.29 is 0 Å². The lowest BCUT2D eigenvalue weighted by molar-refractivity contribution is 0.587. The van der Waals surface area contributed by atoms with Gasteiger partial charge in [0.2, 0.25) is 0 Å². The molecule has 0 atom stereocenters. The van der Waals surface area contributed by atoms with Crippen molar-refractivity contribution >= 4 is 0 Å². The summed E-state index contributed by atoms with van der Waals surface area (Å²) in [4.78, 5) is 0. The summed E-state index contributed by atoms with van der Waals surface area (Å²) < 4.78 is 0. The van der Waals surface area contributed by atoms with E-state index >= 15 is 0 Å². The molecule has 240 valence electrons. The van der Waals surface area contributed by atoms with E-state index in [-0.39, 0.29) is 21.7 Å². The van der Waals surface area contributed by atoms with Crippen molar-refractivity contribution in [3.63, 3.8) is 0 Å². The van der Waals surface area contributed by atoms with Gasteiger partial charge in [0.15, 0.2) is 0 Å². The Morgan fingerprint density at radius 1 is 0.304 bits per heavy atom. The van der Waals surface area contributed by atoms with Crippen LogP contribution in [0.1, 0.15) is 150 Å². The predicted octanol–water partition coefficient (Wildman–Crippen LogP) is 11.9. The fraction of sp³-hybridized carbons (Fsp3) is 0.478. The molecule has 0 saturated carbocycles. The molecule has 0 amide bonds. The van der Waals surface area contributed by atoms with E-state index in [0.29, 0.717) is 0 Å². The molecule has 0 radical (unpaired) electrons. The van der Waals surface area contributed by atoms with E-state index < -0.39 is 0 Å². The van der Waals surface area contributed by atoms with Gasteiger partial charge in [0.25, 0.3) is 0 Å². The van der Waals surface area contributed by atoms with Crippen LogP contribution in [0.2, 0.25) is 0 Å². The van der Waals surface area contributed by atoms with Crippen LogP contribution in [0.4, 0.5) is 0 Å². The lowest BCUT2D eigenvalue weighted by Crippen LogP contribution is -2.14. The van der Waals surface area contributed by atoms with Gasteiger partial charge in [0.05, 0.1) is 0 Å². The van der Waals surface area contributed by atoms with Crippen molar-refractivity contribution in [1.29, 1.82) is 0 Å². The molecule has 0 heterocycles. The first-order chi connectivity index (χ1) is 21.3. The van der Waals surface area contributed by atoms with Gasteiger partial charge in [-0.2, -0.15) is 0 Å². The zero-order valence-electron chi connectivity index (χ0n) is 30.9. The fourth-order valence-electron chi connectivity index (χ4n) is 8.24. The molecule has 0 aliphatic heterocycles. The summed E-state index contributed by atoms with van der Waals surface area (Å²) in [6, 6.07) is 20.6. The summed E-state index contributed by atoms with van der Waals surface area (Å²) in [6.07, 6.45) is 6.53. The average Bonchev–Trinajstić information content (AvgIpc) is 3.51. The first-order valence-corrected chi connectivity index (χ1v) is 17.9. The second-order valence-electron chi connectivity index (χ2n) is 19.0. The highest BCUT2D eigenvalue weighted by Gasteiger charge is 2.32. The zero-order chi connectivity index (χ0) is 33.1. The van der Waals surface area contributed by atoms with Crippen LogP contribution < -0.4 is 0 Å². The highest BCUT2D eigenvalue weighted by Crippen LogP contribution is 2.48. The van der Waals surface area contributed by atoms with Crippen LogP contribution >= 0.6 is 0 Å². The summed E-state index contributed by atoms with van der Waals surface area (Å²) >= 11 is 0. The van der Waals surface area contributed by atoms with Gasteiger partial charge in [0, 0.05) is 0 Å². The summed E-state index contributed by atoms with van der Waals surface area (Å²) in [7, 11) is 0. The van der Waals surface area contributed by atoms with Crippen molar-refractivity contribution in [3.05, 3.63) is 115 Å². The predicted molar refractivity (Wildman–Crippen MR) is 199 cm³/mol. The van der Waals surface area contributed by atoms with E-state index in [1.54, 1.807) is 44.5 Å². The molecule has 0 unspecified atom stereocenters. The van der Waals surface area contributed by atoms with Crippen molar-refractivity contribution in [3.8, 4) is 22.3 Å². The first kappa shape index (κ1) is 31.5. The lowest BCUT2D eigenvalue weighted by Gasteiger charge is -2.25. The Hall–Kier alpha value is -3.12. The van der Waals surface area contributed by atoms with Gasteiger partial charge in [-0.15, -0.1) is 0 Å². The van der Waals surface area contributed by atoms with Crippen LogP contribution in [0.25, 0.3) is 22.3 Å². The van der Waals surface area contributed by atoms with Crippen LogP contribution in [0, 0.1) is 0 Å². The normalized spacial score (nSPS) is 15.7. The highest BCUT2D eigenvalue weighted by atomic mass is 14.4. The molecule has 7 rings (SSSR count). The molecule has 0 saturated heterocycles. The fourth-order valence-corrected chi connectivity index (χ4v) is 8.24. The van der Waals surface area contributed by atoms with Crippen LogP contribution in [0.3, 0.4) is 0 Å². The van der Waals surface area contributed by atoms with Gasteiger partial charge >= 0.3 is 0 Å². The van der Waals surface area contributed by atoms with Gasteiger partial charge < -0.3 is 0 Å². The number of rotatable bonds is 0. The third-order valence-electron chi connectivity index (χ3n) is 11.4. The van der Waals surface area contributed by atoms with Gasteiger partial charge in [-0.05, 0) is 149 Å². The number of benzene rings is 4. The molecular formula is C46H56. The van der Waals surface area contributed by atoms with Crippen LogP contribution in [-0.2, 0) is 60.2 Å². The summed E-state index contributed by atoms with van der Waals surface area (Å²) in [5.41, 5.74) is 25.0. The van der Waals surface area contributed by atoms with Gasteiger partial charge in [0.1, 0.15) is 0 Å². The molecule has 0 N–H and O–H groups in total. The van der Waals surface area contributed by atoms with Crippen LogP contribution in [0.15, 0.2) is 48.5 Å². The Morgan fingerprint density at radius 3 is 0.674 bits per heavy atom. The highest BCUT2D eigenvalue weighted by molar-refractivity contribution is 5.83. The minimum Gasteiger partial charge on any atom is -0.0561 e. The molecule has 4 bridgehead atoms. The molecule has 0 spiro atoms. The van der Waals surface area contributed by atoms with Crippen molar-refractivity contribution in [2.24, 2.45) is 0 Å². The standard InChI is InChI=1S/C46H56/c1-43(2,3)31-17-27-13-14-28-18-33(45(7,8)9)23-41-37(28)26-38-30(20-34(24-42(38)41)46(10,11)12)16-15-29-19-32(44(4,5)6)22-40-36(29)25-35(27)39(40)21-31/h17-24H,13-16,25-26H2,1-12H3. The van der Waals surface area contributed by atoms with Crippen molar-refractivity contribution in [1.82, 2.24) is 0 Å². The smallest absolute Gasteiger partial charge is 0.000797 e. The molecule has 4 aromatic rings. The lowest BCUT2D eigenvalue weighted by atomic mass is 9.80. The Morgan fingerprint density at radius 2 is 0.500 bits per heavy atom. The van der Waals surface area contributed by atoms with E-state index in [4.69, 9.17) is 0 Å². The second kappa shape index (κ2) is 10.2. The molecule has 0 aromatic heterocycles. The Bertz CT molecular complexity index is 1620. The van der Waals surface area contributed by atoms with Gasteiger partial charge in [-0.1, -0.05) is 132 Å². The maximum Gasteiger partial charge on any atom is -0.000797 e. The van der Waals surface area contributed by atoms with Crippen LogP contribution in [-0.4, -0.2) is 0 Å². The number of fused-ring (bicyclic) bond motifs is 2. The summed E-state index contributed by atoms with van der Waals surface area (Å²) in [5.74, 6) is 0. The van der Waals surface area contributed by atoms with E-state index in [9.17, 15) is 0 Å². The Balaban J connectivity index is 1.51. The molecule has 3 aliphatic carbocycles. The zero-order valence-corrected chi connectivity index (χ0v) is 30.9. The maximum absolute atomic E-state index is 2.58. The number of hydrogen-bond donors (Lipinski definition) is 0.